The predicted octanol–water partition coefficient (Wildman–Crippen LogP) is 8.14. The van der Waals surface area contributed by atoms with Crippen molar-refractivity contribution in [2.75, 3.05) is 7.11 Å². The van der Waals surface area contributed by atoms with Gasteiger partial charge in [0.25, 0.3) is 0 Å². The number of esters is 2. The zero-order chi connectivity index (χ0) is 44.4. The minimum Gasteiger partial charge on any atom is -0.460 e. The molecule has 4 N–H and O–H groups in total. The van der Waals surface area contributed by atoms with Crippen LogP contribution < -0.4 is 5.32 Å². The number of aliphatic hydroxyl groups is 3. The number of aliphatic hydroxyl groups excluding tert-OH is 3. The number of carbonyl (C=O) groups excluding carboxylic acids is 3. The molecular formula is C48H71NO10. The van der Waals surface area contributed by atoms with Gasteiger partial charge in [-0.3, -0.25) is 0 Å². The first-order valence-electron chi connectivity index (χ1n) is 20.7. The highest BCUT2D eigenvalue weighted by molar-refractivity contribution is 5.82. The highest BCUT2D eigenvalue weighted by atomic mass is 16.6. The van der Waals surface area contributed by atoms with Crippen molar-refractivity contribution in [1.29, 1.82) is 0 Å². The number of nitrogens with one attached hydrogen (secondary N) is 1. The van der Waals surface area contributed by atoms with Gasteiger partial charge in [-0.25, -0.2) is 14.4 Å². The second kappa shape index (κ2) is 24.7. The third kappa shape index (κ3) is 17.5. The first-order valence-corrected chi connectivity index (χ1v) is 20.7. The number of benzene rings is 1. The van der Waals surface area contributed by atoms with Gasteiger partial charge in [-0.15, -0.1) is 0 Å². The van der Waals surface area contributed by atoms with Crippen LogP contribution in [-0.2, 0) is 28.5 Å². The fourth-order valence-corrected chi connectivity index (χ4v) is 7.22. The van der Waals surface area contributed by atoms with Crippen LogP contribution in [0.4, 0.5) is 4.79 Å². The average molecular weight is 822 g/mol. The maximum absolute atomic E-state index is 13.8. The summed E-state index contributed by atoms with van der Waals surface area (Å²) in [5.41, 5.74) is 0.657. The minimum atomic E-state index is -1.81. The van der Waals surface area contributed by atoms with Crippen LogP contribution in [0.3, 0.4) is 0 Å². The van der Waals surface area contributed by atoms with Crippen molar-refractivity contribution in [1.82, 2.24) is 5.32 Å². The van der Waals surface area contributed by atoms with E-state index in [0.29, 0.717) is 12.0 Å². The maximum atomic E-state index is 13.8. The molecule has 328 valence electrons. The summed E-state index contributed by atoms with van der Waals surface area (Å²) in [6.45, 7) is 22.3. The third-order valence-corrected chi connectivity index (χ3v) is 10.6. The first kappa shape index (κ1) is 50.9. The molecule has 0 aromatic heterocycles. The summed E-state index contributed by atoms with van der Waals surface area (Å²) in [6, 6.07) is 7.38. The maximum Gasteiger partial charge on any atom is 0.408 e. The highest BCUT2D eigenvalue weighted by Crippen LogP contribution is 2.30. The molecule has 0 saturated carbocycles. The Balaban J connectivity index is 2.56. The lowest BCUT2D eigenvalue weighted by molar-refractivity contribution is -0.164. The molecule has 0 bridgehead atoms. The Morgan fingerprint density at radius 3 is 2.24 bits per heavy atom. The fraction of sp³-hybridized carbons (Fsp3) is 0.562. The number of methoxy groups -OCH3 is 1. The summed E-state index contributed by atoms with van der Waals surface area (Å²) in [6.07, 6.45) is 11.8. The van der Waals surface area contributed by atoms with Gasteiger partial charge in [0.15, 0.2) is 6.10 Å². The van der Waals surface area contributed by atoms with Gasteiger partial charge in [0.05, 0.1) is 24.4 Å². The molecule has 0 aliphatic carbocycles. The van der Waals surface area contributed by atoms with Gasteiger partial charge < -0.3 is 39.6 Å². The molecule has 11 heteroatoms. The van der Waals surface area contributed by atoms with Gasteiger partial charge in [0.1, 0.15) is 17.8 Å². The van der Waals surface area contributed by atoms with Crippen molar-refractivity contribution in [3.8, 4) is 0 Å². The predicted molar refractivity (Wildman–Crippen MR) is 232 cm³/mol. The second-order valence-electron chi connectivity index (χ2n) is 17.1. The summed E-state index contributed by atoms with van der Waals surface area (Å²) >= 11 is 0. The molecule has 59 heavy (non-hydrogen) atoms. The Kier molecular flexibility index (Phi) is 21.3. The second-order valence-corrected chi connectivity index (χ2v) is 17.1. The molecule has 0 saturated heterocycles. The molecule has 0 unspecified atom stereocenters. The Labute approximate surface area is 352 Å². The monoisotopic (exact) mass is 822 g/mol. The smallest absolute Gasteiger partial charge is 0.408 e. The van der Waals surface area contributed by atoms with Crippen molar-refractivity contribution >= 4 is 18.0 Å². The highest BCUT2D eigenvalue weighted by Gasteiger charge is 2.36. The van der Waals surface area contributed by atoms with E-state index in [0.717, 1.165) is 5.57 Å². The van der Waals surface area contributed by atoms with Gasteiger partial charge in [-0.2, -0.15) is 0 Å². The Hall–Kier alpha value is -4.29. The molecule has 0 spiro atoms. The Bertz CT molecular complexity index is 1630. The molecule has 13 atom stereocenters. The quantitative estimate of drug-likeness (QED) is 0.0829. The number of hydrogen-bond donors (Lipinski definition) is 4. The summed E-state index contributed by atoms with van der Waals surface area (Å²) in [4.78, 5) is 39.9. The third-order valence-electron chi connectivity index (χ3n) is 10.6. The molecule has 1 aliphatic heterocycles. The van der Waals surface area contributed by atoms with Crippen LogP contribution in [0.1, 0.15) is 93.7 Å². The number of carbonyl (C=O) groups is 3. The summed E-state index contributed by atoms with van der Waals surface area (Å²) in [5.74, 6) is -3.32. The van der Waals surface area contributed by atoms with E-state index in [-0.39, 0.29) is 30.1 Å². The Morgan fingerprint density at radius 1 is 0.966 bits per heavy atom. The van der Waals surface area contributed by atoms with Crippen molar-refractivity contribution in [2.24, 2.45) is 35.5 Å². The minimum absolute atomic E-state index is 0.159. The van der Waals surface area contributed by atoms with Crippen molar-refractivity contribution in [2.45, 2.75) is 130 Å². The molecule has 1 amide bonds. The molecule has 11 nitrogen and oxygen atoms in total. The lowest BCUT2D eigenvalue weighted by atomic mass is 9.81. The number of alkyl carbamates (subject to hydrolysis) is 1. The molecular weight excluding hydrogens is 751 g/mol. The lowest BCUT2D eigenvalue weighted by Crippen LogP contribution is -2.44. The van der Waals surface area contributed by atoms with Crippen molar-refractivity contribution in [3.05, 3.63) is 109 Å². The summed E-state index contributed by atoms with van der Waals surface area (Å²) in [7, 11) is 1.53. The topological polar surface area (TPSA) is 161 Å². The Morgan fingerprint density at radius 2 is 1.63 bits per heavy atom. The SMILES string of the molecule is C=C/C=C\[C@H](C)[C@@H]1OC(=O)/C=C\C=C\[C@@H](C)[C@@H](OC(=O)[C@H](O)[C@@H](NC(=O)OC(C)(C)C)c2ccccc2)C[C@H](OC)/C=C\[C@H](C)[C@H](O)[C@@H](C)/C=C(/C)C[C@H](C)[C@@H](O)[C@@H]1C. The molecule has 1 heterocycles. The molecule has 0 radical (unpaired) electrons. The zero-order valence-corrected chi connectivity index (χ0v) is 37.0. The van der Waals surface area contributed by atoms with E-state index in [1.165, 1.54) is 19.3 Å². The van der Waals surface area contributed by atoms with E-state index >= 15 is 0 Å². The van der Waals surface area contributed by atoms with Gasteiger partial charge in [0, 0.05) is 49.2 Å². The van der Waals surface area contributed by atoms with E-state index in [9.17, 15) is 29.7 Å². The van der Waals surface area contributed by atoms with Crippen LogP contribution in [-0.4, -0.2) is 82.7 Å². The van der Waals surface area contributed by atoms with Crippen LogP contribution in [0.15, 0.2) is 103 Å². The first-order chi connectivity index (χ1) is 27.7. The van der Waals surface area contributed by atoms with E-state index < -0.39 is 78.1 Å². The number of allylic oxidation sites excluding steroid dienone is 5. The van der Waals surface area contributed by atoms with Crippen LogP contribution >= 0.6 is 0 Å². The van der Waals surface area contributed by atoms with E-state index in [1.54, 1.807) is 75.4 Å². The molecule has 1 aromatic carbocycles. The van der Waals surface area contributed by atoms with Gasteiger partial charge in [0.2, 0.25) is 0 Å². The van der Waals surface area contributed by atoms with Crippen LogP contribution in [0.25, 0.3) is 0 Å². The summed E-state index contributed by atoms with van der Waals surface area (Å²) in [5, 5.41) is 36.9. The average Bonchev–Trinajstić information content (AvgIpc) is 3.18. The summed E-state index contributed by atoms with van der Waals surface area (Å²) < 4.78 is 23.2. The molecule has 1 aliphatic rings. The van der Waals surface area contributed by atoms with Crippen LogP contribution in [0.5, 0.6) is 0 Å². The van der Waals surface area contributed by atoms with Crippen LogP contribution in [0.2, 0.25) is 0 Å². The number of cyclic esters (lactones) is 1. The largest absolute Gasteiger partial charge is 0.460 e. The zero-order valence-electron chi connectivity index (χ0n) is 37.0. The molecule has 1 aromatic rings. The number of rotatable bonds is 9. The van der Waals surface area contributed by atoms with Gasteiger partial charge in [-0.1, -0.05) is 139 Å². The van der Waals surface area contributed by atoms with Gasteiger partial charge in [-0.05, 0) is 45.6 Å². The normalized spacial score (nSPS) is 32.3. The number of amides is 1. The van der Waals surface area contributed by atoms with Gasteiger partial charge >= 0.3 is 18.0 Å². The standard InChI is InChI=1S/C48H71NO10/c1-13-14-20-33(5)45-36(8)43(52)35(7)28-30(2)27-34(6)42(51)32(4)25-26-38(56-12)29-39(31(3)21-18-19-24-40(50)58-45)57-46(54)44(53)41(37-22-16-15-17-23-37)49-47(55)59-48(9,10)11/h13-27,31-36,38-39,41-45,51-53H,1,28-29H2,2-12H3,(H,49,55)/b20-14-,21-18+,24-19-,26-25-,30-27-/t31-,32+,33+,34+,35+,36+,38-,39+,41+,42+,43-,44-,45+/m1/s1. The molecule has 2 rings (SSSR count). The van der Waals surface area contributed by atoms with Crippen LogP contribution in [0, 0.1) is 35.5 Å². The van der Waals surface area contributed by atoms with E-state index in [4.69, 9.17) is 18.9 Å². The number of hydrogen-bond acceptors (Lipinski definition) is 10. The van der Waals surface area contributed by atoms with Crippen molar-refractivity contribution in [3.63, 3.8) is 0 Å². The van der Waals surface area contributed by atoms with E-state index in [1.807, 2.05) is 72.8 Å². The lowest BCUT2D eigenvalue weighted by Gasteiger charge is -2.33. The molecule has 0 fully saturated rings. The van der Waals surface area contributed by atoms with E-state index in [2.05, 4.69) is 11.9 Å². The fourth-order valence-electron chi connectivity index (χ4n) is 7.22. The number of ether oxygens (including phenoxy) is 4. The van der Waals surface area contributed by atoms with Crippen molar-refractivity contribution < 1.29 is 48.7 Å².